The van der Waals surface area contributed by atoms with Crippen molar-refractivity contribution >= 4 is 34.0 Å². The maximum absolute atomic E-state index is 6.65. The Kier molecular flexibility index (Phi) is 4.12. The number of fused-ring (bicyclic) bond motifs is 1. The number of rotatable bonds is 3. The molecular formula is C22H17ClN2. The van der Waals surface area contributed by atoms with E-state index in [4.69, 9.17) is 16.6 Å². The second-order valence-electron chi connectivity index (χ2n) is 5.91. The van der Waals surface area contributed by atoms with Crippen molar-refractivity contribution in [2.45, 2.75) is 0 Å². The van der Waals surface area contributed by atoms with Crippen molar-refractivity contribution in [3.05, 3.63) is 101 Å². The summed E-state index contributed by atoms with van der Waals surface area (Å²) in [6, 6.07) is 28.5. The molecule has 0 aliphatic heterocycles. The number of aryl methyl sites for hydroxylation is 1. The number of aliphatic imine (C=N–C) groups is 1. The number of halogens is 1. The van der Waals surface area contributed by atoms with Gasteiger partial charge < -0.3 is 4.57 Å². The summed E-state index contributed by atoms with van der Waals surface area (Å²) in [6.45, 7) is 0. The standard InChI is InChI=1S/C22H17ClN2/c1-25-19-15-9-8-14-18(19)20(23)22(25)24-21(16-10-4-2-5-11-16)17-12-6-3-7-13-17/h2-15H,1H3. The minimum atomic E-state index is 0.683. The van der Waals surface area contributed by atoms with Gasteiger partial charge in [0.25, 0.3) is 0 Å². The Bertz CT molecular complexity index is 967. The maximum atomic E-state index is 6.65. The lowest BCUT2D eigenvalue weighted by Gasteiger charge is -2.08. The van der Waals surface area contributed by atoms with Gasteiger partial charge in [0.2, 0.25) is 0 Å². The van der Waals surface area contributed by atoms with Gasteiger partial charge in [-0.2, -0.15) is 0 Å². The number of nitrogens with zero attached hydrogens (tertiary/aromatic N) is 2. The third-order valence-electron chi connectivity index (χ3n) is 4.33. The first-order valence-electron chi connectivity index (χ1n) is 8.18. The molecule has 25 heavy (non-hydrogen) atoms. The summed E-state index contributed by atoms with van der Waals surface area (Å²) in [5.41, 5.74) is 4.12. The largest absolute Gasteiger partial charge is 0.328 e. The van der Waals surface area contributed by atoms with E-state index in [0.29, 0.717) is 5.02 Å². The zero-order chi connectivity index (χ0) is 17.2. The molecule has 0 radical (unpaired) electrons. The quantitative estimate of drug-likeness (QED) is 0.405. The summed E-state index contributed by atoms with van der Waals surface area (Å²) < 4.78 is 2.05. The molecule has 0 fully saturated rings. The predicted octanol–water partition coefficient (Wildman–Crippen LogP) is 6.00. The molecule has 1 heterocycles. The highest BCUT2D eigenvalue weighted by atomic mass is 35.5. The van der Waals surface area contributed by atoms with E-state index >= 15 is 0 Å². The van der Waals surface area contributed by atoms with Crippen molar-refractivity contribution in [3.63, 3.8) is 0 Å². The molecule has 0 amide bonds. The van der Waals surface area contributed by atoms with Crippen molar-refractivity contribution in [2.75, 3.05) is 0 Å². The first-order valence-corrected chi connectivity index (χ1v) is 8.56. The highest BCUT2D eigenvalue weighted by molar-refractivity contribution is 6.38. The third-order valence-corrected chi connectivity index (χ3v) is 4.70. The van der Waals surface area contributed by atoms with Crippen molar-refractivity contribution in [3.8, 4) is 0 Å². The summed E-state index contributed by atoms with van der Waals surface area (Å²) in [7, 11) is 2.00. The van der Waals surface area contributed by atoms with Gasteiger partial charge in [0, 0.05) is 23.6 Å². The average Bonchev–Trinajstić information content (AvgIpc) is 2.92. The molecule has 3 heteroatoms. The lowest BCUT2D eigenvalue weighted by molar-refractivity contribution is 0.965. The van der Waals surface area contributed by atoms with Crippen molar-refractivity contribution < 1.29 is 0 Å². The highest BCUT2D eigenvalue weighted by Gasteiger charge is 2.15. The summed E-state index contributed by atoms with van der Waals surface area (Å²) in [4.78, 5) is 4.98. The molecule has 0 N–H and O–H groups in total. The summed E-state index contributed by atoms with van der Waals surface area (Å²) >= 11 is 6.65. The van der Waals surface area contributed by atoms with Crippen LogP contribution in [-0.2, 0) is 7.05 Å². The molecular weight excluding hydrogens is 328 g/mol. The van der Waals surface area contributed by atoms with Crippen LogP contribution < -0.4 is 0 Å². The molecule has 0 saturated carbocycles. The number of benzene rings is 3. The topological polar surface area (TPSA) is 17.3 Å². The molecule has 4 rings (SSSR count). The van der Waals surface area contributed by atoms with E-state index in [-0.39, 0.29) is 0 Å². The predicted molar refractivity (Wildman–Crippen MR) is 106 cm³/mol. The Labute approximate surface area is 152 Å². The SMILES string of the molecule is Cn1c(N=C(c2ccccc2)c2ccccc2)c(Cl)c2ccccc21. The van der Waals surface area contributed by atoms with Gasteiger partial charge in [-0.25, -0.2) is 4.99 Å². The molecule has 0 aliphatic rings. The average molecular weight is 345 g/mol. The molecule has 0 saturated heterocycles. The molecule has 0 unspecified atom stereocenters. The van der Waals surface area contributed by atoms with E-state index < -0.39 is 0 Å². The fourth-order valence-corrected chi connectivity index (χ4v) is 3.38. The highest BCUT2D eigenvalue weighted by Crippen LogP contribution is 2.36. The van der Waals surface area contributed by atoms with Crippen LogP contribution in [0, 0.1) is 0 Å². The number of aromatic nitrogens is 1. The molecule has 0 atom stereocenters. The number of hydrogen-bond donors (Lipinski definition) is 0. The normalized spacial score (nSPS) is 10.8. The lowest BCUT2D eigenvalue weighted by Crippen LogP contribution is -2.03. The molecule has 4 aromatic rings. The van der Waals surface area contributed by atoms with Gasteiger partial charge in [0.1, 0.15) is 0 Å². The smallest absolute Gasteiger partial charge is 0.153 e. The Morgan fingerprint density at radius 1 is 0.760 bits per heavy atom. The Morgan fingerprint density at radius 3 is 1.84 bits per heavy atom. The van der Waals surface area contributed by atoms with Gasteiger partial charge in [-0.05, 0) is 6.07 Å². The van der Waals surface area contributed by atoms with Crippen LogP contribution in [0.2, 0.25) is 5.02 Å². The zero-order valence-electron chi connectivity index (χ0n) is 13.9. The van der Waals surface area contributed by atoms with Crippen LogP contribution in [0.3, 0.4) is 0 Å². The zero-order valence-corrected chi connectivity index (χ0v) is 14.6. The minimum Gasteiger partial charge on any atom is -0.328 e. The maximum Gasteiger partial charge on any atom is 0.153 e. The van der Waals surface area contributed by atoms with E-state index in [1.807, 2.05) is 66.2 Å². The van der Waals surface area contributed by atoms with Crippen LogP contribution >= 0.6 is 11.6 Å². The van der Waals surface area contributed by atoms with E-state index in [2.05, 4.69) is 30.3 Å². The summed E-state index contributed by atoms with van der Waals surface area (Å²) in [6.07, 6.45) is 0. The van der Waals surface area contributed by atoms with Crippen LogP contribution in [0.1, 0.15) is 11.1 Å². The van der Waals surface area contributed by atoms with Gasteiger partial charge >= 0.3 is 0 Å². The molecule has 1 aromatic heterocycles. The molecule has 3 aromatic carbocycles. The van der Waals surface area contributed by atoms with E-state index in [1.165, 1.54) is 0 Å². The molecule has 122 valence electrons. The number of hydrogen-bond acceptors (Lipinski definition) is 1. The van der Waals surface area contributed by atoms with Crippen molar-refractivity contribution in [1.29, 1.82) is 0 Å². The molecule has 0 aliphatic carbocycles. The van der Waals surface area contributed by atoms with Crippen LogP contribution in [0.4, 0.5) is 5.82 Å². The number of para-hydroxylation sites is 1. The van der Waals surface area contributed by atoms with Gasteiger partial charge in [0.15, 0.2) is 5.82 Å². The minimum absolute atomic E-state index is 0.683. The van der Waals surface area contributed by atoms with Crippen LogP contribution in [0.5, 0.6) is 0 Å². The van der Waals surface area contributed by atoms with Crippen LogP contribution in [-0.4, -0.2) is 10.3 Å². The second kappa shape index (κ2) is 6.58. The summed E-state index contributed by atoms with van der Waals surface area (Å²) in [5.74, 6) is 0.769. The Morgan fingerprint density at radius 2 is 1.28 bits per heavy atom. The fraction of sp³-hybridized carbons (Fsp3) is 0.0455. The summed E-state index contributed by atoms with van der Waals surface area (Å²) in [5, 5.41) is 1.70. The molecule has 2 nitrogen and oxygen atoms in total. The van der Waals surface area contributed by atoms with Crippen molar-refractivity contribution in [1.82, 2.24) is 4.57 Å². The van der Waals surface area contributed by atoms with Crippen LogP contribution in [0.25, 0.3) is 10.9 Å². The van der Waals surface area contributed by atoms with Crippen LogP contribution in [0.15, 0.2) is 89.9 Å². The van der Waals surface area contributed by atoms with Gasteiger partial charge in [-0.3, -0.25) is 0 Å². The first-order chi connectivity index (χ1) is 12.3. The van der Waals surface area contributed by atoms with Gasteiger partial charge in [-0.15, -0.1) is 0 Å². The first kappa shape index (κ1) is 15.7. The molecule has 0 bridgehead atoms. The van der Waals surface area contributed by atoms with E-state index in [0.717, 1.165) is 33.6 Å². The second-order valence-corrected chi connectivity index (χ2v) is 6.28. The third kappa shape index (κ3) is 2.86. The Balaban J connectivity index is 1.98. The van der Waals surface area contributed by atoms with Crippen molar-refractivity contribution in [2.24, 2.45) is 12.0 Å². The molecule has 0 spiro atoms. The van der Waals surface area contributed by atoms with E-state index in [1.54, 1.807) is 0 Å². The lowest BCUT2D eigenvalue weighted by atomic mass is 10.0. The van der Waals surface area contributed by atoms with Gasteiger partial charge in [0.05, 0.1) is 16.3 Å². The van der Waals surface area contributed by atoms with Gasteiger partial charge in [-0.1, -0.05) is 90.5 Å². The monoisotopic (exact) mass is 344 g/mol. The van der Waals surface area contributed by atoms with E-state index in [9.17, 15) is 0 Å². The fourth-order valence-electron chi connectivity index (χ4n) is 3.05. The Hall–Kier alpha value is -2.84.